The zero-order valence-corrected chi connectivity index (χ0v) is 17.5. The maximum Gasteiger partial charge on any atom is 0.407 e. The third kappa shape index (κ3) is 10.1. The number of rotatable bonds is 8. The van der Waals surface area contributed by atoms with Crippen molar-refractivity contribution < 1.29 is 31.7 Å². The fourth-order valence-electron chi connectivity index (χ4n) is 2.25. The molecular formula is C19H27NO7S. The summed E-state index contributed by atoms with van der Waals surface area (Å²) in [4.78, 5) is 23.7. The fraction of sp³-hybridized carbons (Fsp3) is 0.474. The van der Waals surface area contributed by atoms with Gasteiger partial charge in [0.25, 0.3) is 10.1 Å². The molecule has 0 aliphatic carbocycles. The number of hydrogen-bond donors (Lipinski definition) is 1. The first-order valence-corrected chi connectivity index (χ1v) is 10.4. The van der Waals surface area contributed by atoms with Crippen LogP contribution in [0.1, 0.15) is 26.3 Å². The average Bonchev–Trinajstić information content (AvgIpc) is 2.56. The Bertz CT molecular complexity index is 782. The molecule has 156 valence electrons. The van der Waals surface area contributed by atoms with Gasteiger partial charge in [0.05, 0.1) is 19.4 Å². The standard InChI is InChI=1S/C19H27NO7S/c1-19(2,3)26-18(22)20-15(13-14-9-7-6-8-10-14)16(27-28(5,23)24)11-12-17(21)25-4/h6-12,15-16H,13H2,1-5H3,(H,20,22)/t15-,16+/m0/s1. The van der Waals surface area contributed by atoms with Crippen molar-refractivity contribution >= 4 is 22.2 Å². The molecule has 0 fully saturated rings. The molecule has 0 heterocycles. The maximum atomic E-state index is 12.3. The highest BCUT2D eigenvalue weighted by molar-refractivity contribution is 7.86. The molecule has 0 aromatic heterocycles. The second-order valence-electron chi connectivity index (χ2n) is 7.09. The lowest BCUT2D eigenvalue weighted by Gasteiger charge is -2.27. The van der Waals surface area contributed by atoms with Gasteiger partial charge in [-0.05, 0) is 38.8 Å². The summed E-state index contributed by atoms with van der Waals surface area (Å²) in [5.41, 5.74) is 0.0910. The number of ether oxygens (including phenoxy) is 2. The van der Waals surface area contributed by atoms with Gasteiger partial charge in [0, 0.05) is 6.08 Å². The van der Waals surface area contributed by atoms with Crippen molar-refractivity contribution in [2.75, 3.05) is 13.4 Å². The molecule has 0 aliphatic rings. The second-order valence-corrected chi connectivity index (χ2v) is 8.69. The first-order chi connectivity index (χ1) is 12.9. The van der Waals surface area contributed by atoms with Gasteiger partial charge in [0.15, 0.2) is 0 Å². The normalized spacial score (nSPS) is 14.3. The van der Waals surface area contributed by atoms with Gasteiger partial charge in [-0.2, -0.15) is 8.42 Å². The fourth-order valence-corrected chi connectivity index (χ4v) is 2.85. The van der Waals surface area contributed by atoms with E-state index in [1.807, 2.05) is 30.3 Å². The van der Waals surface area contributed by atoms with Crippen LogP contribution in [0.15, 0.2) is 42.5 Å². The zero-order chi connectivity index (χ0) is 21.4. The Labute approximate surface area is 166 Å². The Kier molecular flexibility index (Phi) is 8.64. The topological polar surface area (TPSA) is 108 Å². The summed E-state index contributed by atoms with van der Waals surface area (Å²) in [6.07, 6.45) is 1.52. The van der Waals surface area contributed by atoms with Crippen molar-refractivity contribution in [3.05, 3.63) is 48.0 Å². The SMILES string of the molecule is COC(=O)C=C[C@@H](OS(C)(=O)=O)[C@H](Cc1ccccc1)NC(=O)OC(C)(C)C. The van der Waals surface area contributed by atoms with Crippen LogP contribution >= 0.6 is 0 Å². The molecule has 8 nitrogen and oxygen atoms in total. The highest BCUT2D eigenvalue weighted by Gasteiger charge is 2.28. The van der Waals surface area contributed by atoms with E-state index in [1.165, 1.54) is 13.2 Å². The number of benzene rings is 1. The van der Waals surface area contributed by atoms with Gasteiger partial charge in [0.1, 0.15) is 11.7 Å². The van der Waals surface area contributed by atoms with Gasteiger partial charge in [-0.3, -0.25) is 4.18 Å². The van der Waals surface area contributed by atoms with Crippen molar-refractivity contribution in [2.24, 2.45) is 0 Å². The van der Waals surface area contributed by atoms with Crippen molar-refractivity contribution in [3.63, 3.8) is 0 Å². The Morgan fingerprint density at radius 1 is 1.18 bits per heavy atom. The van der Waals surface area contributed by atoms with Gasteiger partial charge in [-0.1, -0.05) is 30.3 Å². The highest BCUT2D eigenvalue weighted by Crippen LogP contribution is 2.14. The summed E-state index contributed by atoms with van der Waals surface area (Å²) < 4.78 is 38.3. The van der Waals surface area contributed by atoms with E-state index < -0.39 is 39.9 Å². The van der Waals surface area contributed by atoms with Crippen LogP contribution in [-0.2, 0) is 35.0 Å². The Hall–Kier alpha value is -2.39. The summed E-state index contributed by atoms with van der Waals surface area (Å²) >= 11 is 0. The minimum absolute atomic E-state index is 0.242. The maximum absolute atomic E-state index is 12.3. The predicted molar refractivity (Wildman–Crippen MR) is 104 cm³/mol. The van der Waals surface area contributed by atoms with Gasteiger partial charge >= 0.3 is 12.1 Å². The van der Waals surface area contributed by atoms with Gasteiger partial charge in [-0.25, -0.2) is 9.59 Å². The van der Waals surface area contributed by atoms with Crippen molar-refractivity contribution in [2.45, 2.75) is 44.9 Å². The Balaban J connectivity index is 3.17. The lowest BCUT2D eigenvalue weighted by molar-refractivity contribution is -0.134. The van der Waals surface area contributed by atoms with Crippen LogP contribution in [0.2, 0.25) is 0 Å². The number of esters is 1. The molecule has 9 heteroatoms. The van der Waals surface area contributed by atoms with Crippen LogP contribution in [0.3, 0.4) is 0 Å². The molecule has 28 heavy (non-hydrogen) atoms. The number of nitrogens with one attached hydrogen (secondary N) is 1. The van der Waals surface area contributed by atoms with Gasteiger partial charge in [0.2, 0.25) is 0 Å². The minimum Gasteiger partial charge on any atom is -0.466 e. The van der Waals surface area contributed by atoms with E-state index in [2.05, 4.69) is 10.1 Å². The second kappa shape index (κ2) is 10.2. The molecule has 0 saturated carbocycles. The molecule has 1 aromatic carbocycles. The molecule has 1 amide bonds. The number of alkyl carbamates (subject to hydrolysis) is 1. The monoisotopic (exact) mass is 413 g/mol. The smallest absolute Gasteiger partial charge is 0.407 e. The van der Waals surface area contributed by atoms with E-state index in [4.69, 9.17) is 8.92 Å². The third-order valence-electron chi connectivity index (χ3n) is 3.31. The Morgan fingerprint density at radius 2 is 1.79 bits per heavy atom. The number of carbonyl (C=O) groups is 2. The van der Waals surface area contributed by atoms with Crippen LogP contribution in [-0.4, -0.2) is 51.6 Å². The average molecular weight is 413 g/mol. The number of methoxy groups -OCH3 is 1. The molecule has 0 saturated heterocycles. The summed E-state index contributed by atoms with van der Waals surface area (Å²) in [7, 11) is -2.69. The van der Waals surface area contributed by atoms with Crippen molar-refractivity contribution in [1.29, 1.82) is 0 Å². The first kappa shape index (κ1) is 23.6. The summed E-state index contributed by atoms with van der Waals surface area (Å²) in [5, 5.41) is 2.63. The molecule has 0 radical (unpaired) electrons. The molecule has 2 atom stereocenters. The van der Waals surface area contributed by atoms with Crippen LogP contribution in [0.4, 0.5) is 4.79 Å². The number of carbonyl (C=O) groups excluding carboxylic acids is 2. The molecular weight excluding hydrogens is 386 g/mol. The van der Waals surface area contributed by atoms with Crippen LogP contribution in [0.5, 0.6) is 0 Å². The minimum atomic E-state index is -3.88. The highest BCUT2D eigenvalue weighted by atomic mass is 32.2. The molecule has 0 unspecified atom stereocenters. The van der Waals surface area contributed by atoms with Gasteiger partial charge < -0.3 is 14.8 Å². The molecule has 1 N–H and O–H groups in total. The summed E-state index contributed by atoms with van der Waals surface area (Å²) in [5.74, 6) is -0.683. The molecule has 1 aromatic rings. The van der Waals surface area contributed by atoms with E-state index in [-0.39, 0.29) is 6.42 Å². The van der Waals surface area contributed by atoms with Crippen LogP contribution in [0.25, 0.3) is 0 Å². The number of hydrogen-bond acceptors (Lipinski definition) is 7. The van der Waals surface area contributed by atoms with E-state index in [0.29, 0.717) is 0 Å². The van der Waals surface area contributed by atoms with Crippen LogP contribution < -0.4 is 5.32 Å². The molecule has 1 rings (SSSR count). The van der Waals surface area contributed by atoms with Gasteiger partial charge in [-0.15, -0.1) is 0 Å². The first-order valence-electron chi connectivity index (χ1n) is 8.57. The Morgan fingerprint density at radius 3 is 2.29 bits per heavy atom. The number of amides is 1. The van der Waals surface area contributed by atoms with Crippen molar-refractivity contribution in [3.8, 4) is 0 Å². The van der Waals surface area contributed by atoms with E-state index in [1.54, 1.807) is 20.8 Å². The lowest BCUT2D eigenvalue weighted by Crippen LogP contribution is -2.47. The van der Waals surface area contributed by atoms with Crippen LogP contribution in [0, 0.1) is 0 Å². The summed E-state index contributed by atoms with van der Waals surface area (Å²) in [6.45, 7) is 5.13. The van der Waals surface area contributed by atoms with E-state index in [0.717, 1.165) is 17.9 Å². The van der Waals surface area contributed by atoms with E-state index >= 15 is 0 Å². The van der Waals surface area contributed by atoms with Crippen molar-refractivity contribution in [1.82, 2.24) is 5.32 Å². The summed E-state index contributed by atoms with van der Waals surface area (Å²) in [6, 6.07) is 8.29. The quantitative estimate of drug-likeness (QED) is 0.395. The lowest BCUT2D eigenvalue weighted by atomic mass is 10.0. The molecule has 0 aliphatic heterocycles. The molecule has 0 spiro atoms. The zero-order valence-electron chi connectivity index (χ0n) is 16.7. The largest absolute Gasteiger partial charge is 0.466 e. The molecule has 0 bridgehead atoms. The van der Waals surface area contributed by atoms with E-state index in [9.17, 15) is 18.0 Å². The predicted octanol–water partition coefficient (Wildman–Crippen LogP) is 2.20. The third-order valence-corrected chi connectivity index (χ3v) is 3.88.